The molecule has 16 heavy (non-hydrogen) atoms. The molecule has 0 saturated carbocycles. The molecule has 2 N–H and O–H groups in total. The summed E-state index contributed by atoms with van der Waals surface area (Å²) in [7, 11) is 0. The molecular weight excluding hydrogens is 208 g/mol. The van der Waals surface area contributed by atoms with Gasteiger partial charge in [-0.15, -0.1) is 0 Å². The second-order valence-corrected chi connectivity index (χ2v) is 3.58. The minimum atomic E-state index is -0.875. The van der Waals surface area contributed by atoms with Crippen molar-refractivity contribution in [2.75, 3.05) is 6.61 Å². The van der Waals surface area contributed by atoms with Crippen LogP contribution in [0.3, 0.4) is 0 Å². The molecule has 0 aromatic heterocycles. The molecule has 0 radical (unpaired) electrons. The minimum Gasteiger partial charge on any atom is -0.468 e. The highest BCUT2D eigenvalue weighted by Crippen LogP contribution is 2.08. The van der Waals surface area contributed by atoms with Gasteiger partial charge < -0.3 is 14.9 Å². The Morgan fingerprint density at radius 3 is 2.50 bits per heavy atom. The third kappa shape index (κ3) is 4.42. The van der Waals surface area contributed by atoms with E-state index in [0.29, 0.717) is 12.9 Å². The summed E-state index contributed by atoms with van der Waals surface area (Å²) in [4.78, 5) is 9.88. The van der Waals surface area contributed by atoms with E-state index in [1.54, 1.807) is 0 Å². The molecule has 4 nitrogen and oxygen atoms in total. The Kier molecular flexibility index (Phi) is 5.53. The van der Waals surface area contributed by atoms with E-state index in [-0.39, 0.29) is 13.0 Å². The lowest BCUT2D eigenvalue weighted by atomic mass is 10.0. The number of ether oxygens (including phenoxy) is 1. The van der Waals surface area contributed by atoms with Gasteiger partial charge in [-0.3, -0.25) is 4.79 Å². The molecule has 88 valence electrons. The van der Waals surface area contributed by atoms with Crippen LogP contribution >= 0.6 is 0 Å². The van der Waals surface area contributed by atoms with Gasteiger partial charge in [0.2, 0.25) is 0 Å². The van der Waals surface area contributed by atoms with Gasteiger partial charge in [-0.2, -0.15) is 0 Å². The average Bonchev–Trinajstić information content (AvgIpc) is 2.30. The first kappa shape index (κ1) is 12.7. The number of carbonyl (C=O) groups excluding carboxylic acids is 1. The fraction of sp³-hybridized carbons (Fsp3) is 0.417. The number of aliphatic hydroxyl groups is 2. The van der Waals surface area contributed by atoms with Gasteiger partial charge in [0, 0.05) is 12.8 Å². The first-order chi connectivity index (χ1) is 7.74. The van der Waals surface area contributed by atoms with E-state index in [4.69, 9.17) is 0 Å². The van der Waals surface area contributed by atoms with Gasteiger partial charge in [-0.05, 0) is 5.56 Å². The van der Waals surface area contributed by atoms with Crippen molar-refractivity contribution in [3.63, 3.8) is 0 Å². The normalized spacial score (nSPS) is 14.1. The van der Waals surface area contributed by atoms with Gasteiger partial charge in [0.1, 0.15) is 0 Å². The topological polar surface area (TPSA) is 66.8 Å². The standard InChI is InChI=1S/C12H16O4/c13-9-16-7-6-11(14)12(15)8-10-4-2-1-3-5-10/h1-5,9,11-12,14-15H,6-8H2/t11-,12-/m0/s1. The predicted octanol–water partition coefficient (Wildman–Crippen LogP) is 0.514. The third-order valence-electron chi connectivity index (χ3n) is 2.33. The highest BCUT2D eigenvalue weighted by atomic mass is 16.5. The Bertz CT molecular complexity index is 299. The van der Waals surface area contributed by atoms with Crippen LogP contribution in [-0.2, 0) is 16.0 Å². The van der Waals surface area contributed by atoms with Crippen molar-refractivity contribution in [3.8, 4) is 0 Å². The summed E-state index contributed by atoms with van der Waals surface area (Å²) in [5.74, 6) is 0. The van der Waals surface area contributed by atoms with Crippen LogP contribution in [0.25, 0.3) is 0 Å². The maximum Gasteiger partial charge on any atom is 0.293 e. The van der Waals surface area contributed by atoms with Crippen LogP contribution in [0.15, 0.2) is 30.3 Å². The average molecular weight is 224 g/mol. The Morgan fingerprint density at radius 2 is 1.88 bits per heavy atom. The Labute approximate surface area is 94.5 Å². The summed E-state index contributed by atoms with van der Waals surface area (Å²) >= 11 is 0. The van der Waals surface area contributed by atoms with Gasteiger partial charge in [-0.1, -0.05) is 30.3 Å². The summed E-state index contributed by atoms with van der Waals surface area (Å²) < 4.78 is 4.45. The first-order valence-corrected chi connectivity index (χ1v) is 5.19. The molecule has 0 aliphatic carbocycles. The van der Waals surface area contributed by atoms with E-state index in [0.717, 1.165) is 5.56 Å². The second kappa shape index (κ2) is 6.98. The SMILES string of the molecule is O=COCC[C@H](O)[C@@H](O)Cc1ccccc1. The van der Waals surface area contributed by atoms with Crippen LogP contribution in [0.5, 0.6) is 0 Å². The smallest absolute Gasteiger partial charge is 0.293 e. The molecule has 0 amide bonds. The lowest BCUT2D eigenvalue weighted by Gasteiger charge is -2.17. The van der Waals surface area contributed by atoms with E-state index >= 15 is 0 Å². The Morgan fingerprint density at radius 1 is 1.19 bits per heavy atom. The zero-order valence-corrected chi connectivity index (χ0v) is 8.95. The molecule has 1 aromatic carbocycles. The summed E-state index contributed by atoms with van der Waals surface area (Å²) in [6, 6.07) is 9.42. The molecule has 1 rings (SSSR count). The molecule has 0 unspecified atom stereocenters. The summed E-state index contributed by atoms with van der Waals surface area (Å²) in [6.45, 7) is 0.451. The second-order valence-electron chi connectivity index (χ2n) is 3.58. The number of aliphatic hydroxyl groups excluding tert-OH is 2. The van der Waals surface area contributed by atoms with Crippen molar-refractivity contribution in [2.24, 2.45) is 0 Å². The minimum absolute atomic E-state index is 0.122. The molecule has 0 aliphatic rings. The fourth-order valence-electron chi connectivity index (χ4n) is 1.42. The molecule has 0 saturated heterocycles. The van der Waals surface area contributed by atoms with Crippen molar-refractivity contribution in [2.45, 2.75) is 25.0 Å². The monoisotopic (exact) mass is 224 g/mol. The predicted molar refractivity (Wildman–Crippen MR) is 58.8 cm³/mol. The molecule has 0 aliphatic heterocycles. The largest absolute Gasteiger partial charge is 0.468 e. The summed E-state index contributed by atoms with van der Waals surface area (Å²) in [5, 5.41) is 19.2. The van der Waals surface area contributed by atoms with Crippen LogP contribution in [0.1, 0.15) is 12.0 Å². The van der Waals surface area contributed by atoms with Gasteiger partial charge in [0.15, 0.2) is 0 Å². The Hall–Kier alpha value is -1.39. The van der Waals surface area contributed by atoms with Gasteiger partial charge >= 0.3 is 0 Å². The van der Waals surface area contributed by atoms with Crippen LogP contribution in [0.2, 0.25) is 0 Å². The van der Waals surface area contributed by atoms with Crippen LogP contribution < -0.4 is 0 Å². The maximum absolute atomic E-state index is 9.88. The molecule has 0 spiro atoms. The quantitative estimate of drug-likeness (QED) is 0.523. The number of hydrogen-bond acceptors (Lipinski definition) is 4. The van der Waals surface area contributed by atoms with E-state index in [1.807, 2.05) is 30.3 Å². The van der Waals surface area contributed by atoms with Crippen molar-refractivity contribution in [1.29, 1.82) is 0 Å². The number of benzene rings is 1. The van der Waals surface area contributed by atoms with E-state index in [9.17, 15) is 15.0 Å². The molecule has 0 fully saturated rings. The zero-order chi connectivity index (χ0) is 11.8. The zero-order valence-electron chi connectivity index (χ0n) is 8.95. The number of hydrogen-bond donors (Lipinski definition) is 2. The van der Waals surface area contributed by atoms with E-state index in [2.05, 4.69) is 4.74 Å². The van der Waals surface area contributed by atoms with E-state index < -0.39 is 12.2 Å². The van der Waals surface area contributed by atoms with Crippen molar-refractivity contribution in [1.82, 2.24) is 0 Å². The number of rotatable bonds is 7. The number of carbonyl (C=O) groups is 1. The highest BCUT2D eigenvalue weighted by molar-refractivity contribution is 5.36. The van der Waals surface area contributed by atoms with E-state index in [1.165, 1.54) is 0 Å². The summed E-state index contributed by atoms with van der Waals surface area (Å²) in [6.07, 6.45) is -1.08. The summed E-state index contributed by atoms with van der Waals surface area (Å²) in [5.41, 5.74) is 0.963. The third-order valence-corrected chi connectivity index (χ3v) is 2.33. The molecular formula is C12H16O4. The fourth-order valence-corrected chi connectivity index (χ4v) is 1.42. The van der Waals surface area contributed by atoms with Crippen LogP contribution in [0, 0.1) is 0 Å². The van der Waals surface area contributed by atoms with Crippen molar-refractivity contribution in [3.05, 3.63) is 35.9 Å². The lowest BCUT2D eigenvalue weighted by Crippen LogP contribution is -2.29. The van der Waals surface area contributed by atoms with Crippen LogP contribution in [0.4, 0.5) is 0 Å². The molecule has 2 atom stereocenters. The van der Waals surface area contributed by atoms with Crippen molar-refractivity contribution >= 4 is 6.47 Å². The first-order valence-electron chi connectivity index (χ1n) is 5.19. The van der Waals surface area contributed by atoms with Gasteiger partial charge in [-0.25, -0.2) is 0 Å². The molecule has 0 bridgehead atoms. The maximum atomic E-state index is 9.88. The van der Waals surface area contributed by atoms with Gasteiger partial charge in [0.25, 0.3) is 6.47 Å². The Balaban J connectivity index is 2.33. The lowest BCUT2D eigenvalue weighted by molar-refractivity contribution is -0.129. The van der Waals surface area contributed by atoms with Crippen molar-refractivity contribution < 1.29 is 19.7 Å². The van der Waals surface area contributed by atoms with Crippen LogP contribution in [-0.4, -0.2) is 35.5 Å². The molecule has 0 heterocycles. The van der Waals surface area contributed by atoms with Gasteiger partial charge in [0.05, 0.1) is 18.8 Å². The molecule has 1 aromatic rings. The molecule has 4 heteroatoms. The highest BCUT2D eigenvalue weighted by Gasteiger charge is 2.16.